The molecule has 4 heteroatoms. The van der Waals surface area contributed by atoms with E-state index < -0.39 is 5.60 Å². The van der Waals surface area contributed by atoms with E-state index in [1.165, 1.54) is 0 Å². The van der Waals surface area contributed by atoms with Crippen LogP contribution >= 0.6 is 0 Å². The SMILES string of the molecule is CC(C)(O)CN(Cc1ccccc1)C(=O)c1ccc2c(c1)CCO2. The maximum absolute atomic E-state index is 13.0. The van der Waals surface area contributed by atoms with Gasteiger partial charge in [0.15, 0.2) is 0 Å². The third-order valence-electron chi connectivity index (χ3n) is 4.02. The second-order valence-electron chi connectivity index (χ2n) is 6.88. The zero-order valence-corrected chi connectivity index (χ0v) is 14.2. The summed E-state index contributed by atoms with van der Waals surface area (Å²) in [6, 6.07) is 15.4. The molecular weight excluding hydrogens is 302 g/mol. The standard InChI is InChI=1S/C20H23NO3/c1-20(2,23)14-21(13-15-6-4-3-5-7-15)19(22)17-8-9-18-16(12-17)10-11-24-18/h3-9,12,23H,10-11,13-14H2,1-2H3. The van der Waals surface area contributed by atoms with Gasteiger partial charge < -0.3 is 14.7 Å². The molecule has 2 aromatic rings. The van der Waals surface area contributed by atoms with Gasteiger partial charge >= 0.3 is 0 Å². The number of aliphatic hydroxyl groups is 1. The van der Waals surface area contributed by atoms with Crippen molar-refractivity contribution in [3.63, 3.8) is 0 Å². The molecule has 1 aliphatic rings. The first-order valence-electron chi connectivity index (χ1n) is 8.24. The normalized spacial score (nSPS) is 13.3. The van der Waals surface area contributed by atoms with Gasteiger partial charge in [0.1, 0.15) is 5.75 Å². The molecule has 126 valence electrons. The van der Waals surface area contributed by atoms with Crippen molar-refractivity contribution in [3.8, 4) is 5.75 Å². The van der Waals surface area contributed by atoms with Crippen molar-refractivity contribution in [1.29, 1.82) is 0 Å². The first kappa shape index (κ1) is 16.5. The number of fused-ring (bicyclic) bond motifs is 1. The third-order valence-corrected chi connectivity index (χ3v) is 4.02. The van der Waals surface area contributed by atoms with Crippen LogP contribution in [0.15, 0.2) is 48.5 Å². The van der Waals surface area contributed by atoms with E-state index in [1.54, 1.807) is 24.8 Å². The van der Waals surface area contributed by atoms with Gasteiger partial charge in [-0.2, -0.15) is 0 Å². The molecule has 4 nitrogen and oxygen atoms in total. The van der Waals surface area contributed by atoms with E-state index in [2.05, 4.69) is 0 Å². The minimum atomic E-state index is -0.954. The topological polar surface area (TPSA) is 49.8 Å². The van der Waals surface area contributed by atoms with E-state index in [9.17, 15) is 9.90 Å². The Morgan fingerprint density at radius 2 is 1.96 bits per heavy atom. The van der Waals surface area contributed by atoms with Crippen molar-refractivity contribution >= 4 is 5.91 Å². The summed E-state index contributed by atoms with van der Waals surface area (Å²) in [5.74, 6) is 0.791. The van der Waals surface area contributed by atoms with Gasteiger partial charge in [-0.05, 0) is 43.2 Å². The Labute approximate surface area is 142 Å². The molecule has 0 saturated carbocycles. The Morgan fingerprint density at radius 1 is 1.21 bits per heavy atom. The van der Waals surface area contributed by atoms with Crippen LogP contribution in [-0.2, 0) is 13.0 Å². The van der Waals surface area contributed by atoms with Crippen molar-refractivity contribution in [2.45, 2.75) is 32.4 Å². The van der Waals surface area contributed by atoms with Crippen LogP contribution in [0, 0.1) is 0 Å². The van der Waals surface area contributed by atoms with Gasteiger partial charge in [-0.3, -0.25) is 4.79 Å². The Kier molecular flexibility index (Phi) is 4.58. The predicted octanol–water partition coefficient (Wildman–Crippen LogP) is 3.03. The quantitative estimate of drug-likeness (QED) is 0.919. The molecule has 0 aromatic heterocycles. The largest absolute Gasteiger partial charge is 0.493 e. The van der Waals surface area contributed by atoms with E-state index in [0.29, 0.717) is 18.7 Å². The highest BCUT2D eigenvalue weighted by Gasteiger charge is 2.25. The number of hydrogen-bond acceptors (Lipinski definition) is 3. The van der Waals surface area contributed by atoms with Crippen molar-refractivity contribution in [1.82, 2.24) is 4.90 Å². The monoisotopic (exact) mass is 325 g/mol. The Bertz CT molecular complexity index is 719. The Hall–Kier alpha value is -2.33. The van der Waals surface area contributed by atoms with Crippen LogP contribution in [0.4, 0.5) is 0 Å². The molecule has 0 spiro atoms. The number of amides is 1. The second kappa shape index (κ2) is 6.65. The predicted molar refractivity (Wildman–Crippen MR) is 93.1 cm³/mol. The molecule has 0 atom stereocenters. The number of carbonyl (C=O) groups excluding carboxylic acids is 1. The number of benzene rings is 2. The summed E-state index contributed by atoms with van der Waals surface area (Å²) < 4.78 is 5.50. The molecule has 0 fully saturated rings. The lowest BCUT2D eigenvalue weighted by Crippen LogP contribution is -2.41. The molecule has 0 radical (unpaired) electrons. The van der Waals surface area contributed by atoms with Crippen LogP contribution in [0.3, 0.4) is 0 Å². The lowest BCUT2D eigenvalue weighted by Gasteiger charge is -2.29. The average Bonchev–Trinajstić information content (AvgIpc) is 3.01. The first-order valence-corrected chi connectivity index (χ1v) is 8.24. The van der Waals surface area contributed by atoms with E-state index in [-0.39, 0.29) is 12.5 Å². The second-order valence-corrected chi connectivity index (χ2v) is 6.88. The van der Waals surface area contributed by atoms with Crippen molar-refractivity contribution in [3.05, 3.63) is 65.2 Å². The third kappa shape index (κ3) is 3.95. The van der Waals surface area contributed by atoms with Crippen LogP contribution in [0.25, 0.3) is 0 Å². The summed E-state index contributed by atoms with van der Waals surface area (Å²) >= 11 is 0. The molecule has 0 saturated heterocycles. The summed E-state index contributed by atoms with van der Waals surface area (Å²) in [6.45, 7) is 4.85. The van der Waals surface area contributed by atoms with Crippen LogP contribution in [-0.4, -0.2) is 34.7 Å². The molecule has 1 heterocycles. The summed E-state index contributed by atoms with van der Waals surface area (Å²) in [7, 11) is 0. The highest BCUT2D eigenvalue weighted by atomic mass is 16.5. The fourth-order valence-electron chi connectivity index (χ4n) is 2.97. The smallest absolute Gasteiger partial charge is 0.254 e. The Morgan fingerprint density at radius 3 is 2.67 bits per heavy atom. The minimum absolute atomic E-state index is 0.0734. The van der Waals surface area contributed by atoms with Crippen molar-refractivity contribution in [2.75, 3.05) is 13.2 Å². The highest BCUT2D eigenvalue weighted by Crippen LogP contribution is 2.27. The van der Waals surface area contributed by atoms with Crippen LogP contribution in [0.5, 0.6) is 5.75 Å². The summed E-state index contributed by atoms with van der Waals surface area (Å²) in [4.78, 5) is 14.7. The molecule has 1 aliphatic heterocycles. The lowest BCUT2D eigenvalue weighted by molar-refractivity contribution is 0.0280. The van der Waals surface area contributed by atoms with Gasteiger partial charge in [-0.15, -0.1) is 0 Å². The summed E-state index contributed by atoms with van der Waals surface area (Å²) in [5, 5.41) is 10.2. The van der Waals surface area contributed by atoms with E-state index in [4.69, 9.17) is 4.74 Å². The molecule has 2 aromatic carbocycles. The number of nitrogens with zero attached hydrogens (tertiary/aromatic N) is 1. The van der Waals surface area contributed by atoms with Crippen molar-refractivity contribution in [2.24, 2.45) is 0 Å². The van der Waals surface area contributed by atoms with Crippen molar-refractivity contribution < 1.29 is 14.6 Å². The van der Waals surface area contributed by atoms with Crippen LogP contribution < -0.4 is 4.74 Å². The van der Waals surface area contributed by atoms with E-state index in [1.807, 2.05) is 42.5 Å². The molecule has 3 rings (SSSR count). The maximum Gasteiger partial charge on any atom is 0.254 e. The fraction of sp³-hybridized carbons (Fsp3) is 0.350. The number of carbonyl (C=O) groups is 1. The van der Waals surface area contributed by atoms with Gasteiger partial charge in [-0.25, -0.2) is 0 Å². The molecule has 0 bridgehead atoms. The molecule has 24 heavy (non-hydrogen) atoms. The summed E-state index contributed by atoms with van der Waals surface area (Å²) in [6.07, 6.45) is 0.834. The zero-order valence-electron chi connectivity index (χ0n) is 14.2. The lowest BCUT2D eigenvalue weighted by atomic mass is 10.0. The molecule has 0 aliphatic carbocycles. The first-order chi connectivity index (χ1) is 11.4. The number of hydrogen-bond donors (Lipinski definition) is 1. The molecule has 1 N–H and O–H groups in total. The average molecular weight is 325 g/mol. The van der Waals surface area contributed by atoms with E-state index in [0.717, 1.165) is 23.3 Å². The summed E-state index contributed by atoms with van der Waals surface area (Å²) in [5.41, 5.74) is 1.80. The zero-order chi connectivity index (χ0) is 17.2. The fourth-order valence-corrected chi connectivity index (χ4v) is 2.97. The van der Waals surface area contributed by atoms with Gasteiger partial charge in [0.2, 0.25) is 0 Å². The molecular formula is C20H23NO3. The van der Waals surface area contributed by atoms with Crippen LogP contribution in [0.2, 0.25) is 0 Å². The number of ether oxygens (including phenoxy) is 1. The number of rotatable bonds is 5. The van der Waals surface area contributed by atoms with Gasteiger partial charge in [-0.1, -0.05) is 30.3 Å². The van der Waals surface area contributed by atoms with Gasteiger partial charge in [0, 0.05) is 25.1 Å². The highest BCUT2D eigenvalue weighted by molar-refractivity contribution is 5.94. The minimum Gasteiger partial charge on any atom is -0.493 e. The van der Waals surface area contributed by atoms with Gasteiger partial charge in [0.05, 0.1) is 12.2 Å². The Balaban J connectivity index is 1.85. The van der Waals surface area contributed by atoms with Gasteiger partial charge in [0.25, 0.3) is 5.91 Å². The molecule has 1 amide bonds. The van der Waals surface area contributed by atoms with E-state index >= 15 is 0 Å². The maximum atomic E-state index is 13.0. The molecule has 0 unspecified atom stereocenters. The van der Waals surface area contributed by atoms with Crippen LogP contribution in [0.1, 0.15) is 35.3 Å².